The Balaban J connectivity index is 2.60. The molecule has 1 aromatic carbocycles. The van der Waals surface area contributed by atoms with E-state index in [0.29, 0.717) is 0 Å². The van der Waals surface area contributed by atoms with Gasteiger partial charge in [0, 0.05) is 23.6 Å². The van der Waals surface area contributed by atoms with Gasteiger partial charge in [-0.25, -0.2) is 4.98 Å². The minimum absolute atomic E-state index is 0.736. The Hall–Kier alpha value is -1.48. The SMILES string of the molecule is CCc1nc(-c2ccc(Cl)cc2C)c(N)n1CC. The fourth-order valence-corrected chi connectivity index (χ4v) is 2.45. The Morgan fingerprint density at radius 2 is 2.06 bits per heavy atom. The minimum atomic E-state index is 0.736. The number of aryl methyl sites for hydroxylation is 2. The molecule has 1 aromatic heterocycles. The number of rotatable bonds is 3. The molecule has 1 heterocycles. The van der Waals surface area contributed by atoms with Crippen molar-refractivity contribution in [2.24, 2.45) is 0 Å². The second-order valence-corrected chi connectivity index (χ2v) is 4.76. The normalized spacial score (nSPS) is 10.9. The van der Waals surface area contributed by atoms with E-state index in [9.17, 15) is 0 Å². The lowest BCUT2D eigenvalue weighted by molar-refractivity contribution is 0.713. The third-order valence-corrected chi connectivity index (χ3v) is 3.40. The van der Waals surface area contributed by atoms with E-state index in [4.69, 9.17) is 17.3 Å². The molecule has 4 heteroatoms. The second-order valence-electron chi connectivity index (χ2n) is 4.32. The van der Waals surface area contributed by atoms with E-state index in [1.165, 1.54) is 0 Å². The summed E-state index contributed by atoms with van der Waals surface area (Å²) in [6.07, 6.45) is 0.880. The summed E-state index contributed by atoms with van der Waals surface area (Å²) in [5, 5.41) is 0.737. The molecule has 0 fully saturated rings. The van der Waals surface area contributed by atoms with Crippen molar-refractivity contribution >= 4 is 17.4 Å². The fraction of sp³-hybridized carbons (Fsp3) is 0.357. The van der Waals surface area contributed by atoms with E-state index in [-0.39, 0.29) is 0 Å². The standard InChI is InChI=1S/C14H18ClN3/c1-4-12-17-13(14(16)18(12)5-2)11-7-6-10(15)8-9(11)3/h6-8H,4-5,16H2,1-3H3. The molecule has 18 heavy (non-hydrogen) atoms. The molecule has 0 saturated carbocycles. The van der Waals surface area contributed by atoms with Crippen LogP contribution in [0.1, 0.15) is 25.2 Å². The summed E-state index contributed by atoms with van der Waals surface area (Å²) in [7, 11) is 0. The number of halogens is 1. The van der Waals surface area contributed by atoms with Crippen molar-refractivity contribution in [1.29, 1.82) is 0 Å². The Morgan fingerprint density at radius 3 is 2.56 bits per heavy atom. The Bertz CT molecular complexity index is 573. The molecule has 3 nitrogen and oxygen atoms in total. The van der Waals surface area contributed by atoms with Gasteiger partial charge in [0.25, 0.3) is 0 Å². The van der Waals surface area contributed by atoms with Gasteiger partial charge >= 0.3 is 0 Å². The first-order valence-electron chi connectivity index (χ1n) is 6.19. The topological polar surface area (TPSA) is 43.8 Å². The predicted molar refractivity (Wildman–Crippen MR) is 76.9 cm³/mol. The molecule has 0 aliphatic heterocycles. The van der Waals surface area contributed by atoms with E-state index in [2.05, 4.69) is 23.4 Å². The van der Waals surface area contributed by atoms with Gasteiger partial charge < -0.3 is 10.3 Å². The smallest absolute Gasteiger partial charge is 0.131 e. The van der Waals surface area contributed by atoms with Crippen LogP contribution in [0.5, 0.6) is 0 Å². The number of nitrogens with two attached hydrogens (primary N) is 1. The van der Waals surface area contributed by atoms with Gasteiger partial charge in [-0.05, 0) is 31.5 Å². The molecule has 0 spiro atoms. The number of aromatic nitrogens is 2. The van der Waals surface area contributed by atoms with E-state index in [1.54, 1.807) is 0 Å². The monoisotopic (exact) mass is 263 g/mol. The Labute approximate surface area is 113 Å². The number of nitrogen functional groups attached to an aromatic ring is 1. The van der Waals surface area contributed by atoms with Gasteiger partial charge in [-0.15, -0.1) is 0 Å². The van der Waals surface area contributed by atoms with Crippen molar-refractivity contribution in [2.45, 2.75) is 33.7 Å². The summed E-state index contributed by atoms with van der Waals surface area (Å²) < 4.78 is 2.06. The fourth-order valence-electron chi connectivity index (χ4n) is 2.23. The maximum atomic E-state index is 6.20. The average Bonchev–Trinajstić information content (AvgIpc) is 2.66. The van der Waals surface area contributed by atoms with E-state index in [1.807, 2.05) is 25.1 Å². The van der Waals surface area contributed by atoms with Gasteiger partial charge in [0.05, 0.1) is 0 Å². The molecular weight excluding hydrogens is 246 g/mol. The molecule has 0 amide bonds. The zero-order valence-corrected chi connectivity index (χ0v) is 11.8. The molecule has 0 radical (unpaired) electrons. The number of benzene rings is 1. The summed E-state index contributed by atoms with van der Waals surface area (Å²) in [6, 6.07) is 5.79. The van der Waals surface area contributed by atoms with Crippen LogP contribution in [0.4, 0.5) is 5.82 Å². The number of imidazole rings is 1. The van der Waals surface area contributed by atoms with Crippen molar-refractivity contribution < 1.29 is 0 Å². The molecule has 0 aliphatic carbocycles. The highest BCUT2D eigenvalue weighted by Crippen LogP contribution is 2.30. The second kappa shape index (κ2) is 5.02. The van der Waals surface area contributed by atoms with Crippen LogP contribution in [-0.2, 0) is 13.0 Å². The van der Waals surface area contributed by atoms with Crippen LogP contribution in [0.3, 0.4) is 0 Å². The lowest BCUT2D eigenvalue weighted by atomic mass is 10.1. The van der Waals surface area contributed by atoms with Crippen LogP contribution in [0.15, 0.2) is 18.2 Å². The third-order valence-electron chi connectivity index (χ3n) is 3.16. The third kappa shape index (κ3) is 2.10. The molecule has 2 N–H and O–H groups in total. The quantitative estimate of drug-likeness (QED) is 0.918. The molecule has 0 saturated heterocycles. The molecule has 0 bridgehead atoms. The van der Waals surface area contributed by atoms with E-state index in [0.717, 1.165) is 46.5 Å². The highest BCUT2D eigenvalue weighted by atomic mass is 35.5. The summed E-state index contributed by atoms with van der Waals surface area (Å²) >= 11 is 5.98. The highest BCUT2D eigenvalue weighted by molar-refractivity contribution is 6.30. The largest absolute Gasteiger partial charge is 0.383 e. The average molecular weight is 264 g/mol. The van der Waals surface area contributed by atoms with Crippen LogP contribution >= 0.6 is 11.6 Å². The van der Waals surface area contributed by atoms with Gasteiger partial charge in [-0.2, -0.15) is 0 Å². The first-order chi connectivity index (χ1) is 8.58. The highest BCUT2D eigenvalue weighted by Gasteiger charge is 2.15. The van der Waals surface area contributed by atoms with Crippen molar-refractivity contribution in [3.05, 3.63) is 34.6 Å². The van der Waals surface area contributed by atoms with E-state index < -0.39 is 0 Å². The molecule has 2 aromatic rings. The van der Waals surface area contributed by atoms with Crippen molar-refractivity contribution in [1.82, 2.24) is 9.55 Å². The zero-order chi connectivity index (χ0) is 13.3. The van der Waals surface area contributed by atoms with Gasteiger partial charge in [0.1, 0.15) is 17.3 Å². The van der Waals surface area contributed by atoms with Crippen LogP contribution in [-0.4, -0.2) is 9.55 Å². The van der Waals surface area contributed by atoms with Gasteiger partial charge in [-0.3, -0.25) is 0 Å². The summed E-state index contributed by atoms with van der Waals surface area (Å²) in [5.74, 6) is 1.76. The van der Waals surface area contributed by atoms with Crippen LogP contribution in [0, 0.1) is 6.92 Å². The number of nitrogens with zero attached hydrogens (tertiary/aromatic N) is 2. The van der Waals surface area contributed by atoms with Crippen LogP contribution in [0.2, 0.25) is 5.02 Å². The number of hydrogen-bond donors (Lipinski definition) is 1. The summed E-state index contributed by atoms with van der Waals surface area (Å²) in [5.41, 5.74) is 9.21. The molecule has 96 valence electrons. The number of hydrogen-bond acceptors (Lipinski definition) is 2. The Kier molecular flexibility index (Phi) is 3.62. The van der Waals surface area contributed by atoms with Crippen LogP contribution in [0.25, 0.3) is 11.3 Å². The van der Waals surface area contributed by atoms with E-state index >= 15 is 0 Å². The molecule has 2 rings (SSSR count). The molecule has 0 aliphatic rings. The van der Waals surface area contributed by atoms with Crippen molar-refractivity contribution in [3.63, 3.8) is 0 Å². The molecule has 0 unspecified atom stereocenters. The molecule has 0 atom stereocenters. The predicted octanol–water partition coefficient (Wildman–Crippen LogP) is 3.68. The van der Waals surface area contributed by atoms with Gasteiger partial charge in [0.2, 0.25) is 0 Å². The maximum Gasteiger partial charge on any atom is 0.131 e. The lowest BCUT2D eigenvalue weighted by Crippen LogP contribution is -2.04. The number of anilines is 1. The van der Waals surface area contributed by atoms with Crippen molar-refractivity contribution in [2.75, 3.05) is 5.73 Å². The van der Waals surface area contributed by atoms with Gasteiger partial charge in [0.15, 0.2) is 0 Å². The lowest BCUT2D eigenvalue weighted by Gasteiger charge is -2.06. The maximum absolute atomic E-state index is 6.20. The zero-order valence-electron chi connectivity index (χ0n) is 11.0. The summed E-state index contributed by atoms with van der Waals surface area (Å²) in [4.78, 5) is 4.65. The van der Waals surface area contributed by atoms with Gasteiger partial charge in [-0.1, -0.05) is 24.6 Å². The first-order valence-corrected chi connectivity index (χ1v) is 6.57. The Morgan fingerprint density at radius 1 is 1.33 bits per heavy atom. The van der Waals surface area contributed by atoms with Crippen LogP contribution < -0.4 is 5.73 Å². The first kappa shape index (κ1) is 13.0. The van der Waals surface area contributed by atoms with Crippen molar-refractivity contribution in [3.8, 4) is 11.3 Å². The summed E-state index contributed by atoms with van der Waals surface area (Å²) in [6.45, 7) is 7.04. The minimum Gasteiger partial charge on any atom is -0.383 e. The molecular formula is C14H18ClN3.